The highest BCUT2D eigenvalue weighted by molar-refractivity contribution is 7.16. The number of halogens is 1. The van der Waals surface area contributed by atoms with Crippen LogP contribution in [0.5, 0.6) is 0 Å². The van der Waals surface area contributed by atoms with Crippen LogP contribution in [0.3, 0.4) is 0 Å². The lowest BCUT2D eigenvalue weighted by molar-refractivity contribution is -0.384. The predicted molar refractivity (Wildman–Crippen MR) is 97.7 cm³/mol. The Balaban J connectivity index is 1.96. The quantitative estimate of drug-likeness (QED) is 0.326. The number of nitro groups is 1. The normalized spacial score (nSPS) is 13.2. The molecule has 25 heavy (non-hydrogen) atoms. The Morgan fingerprint density at radius 2 is 2.28 bits per heavy atom. The topological polar surface area (TPSA) is 81.8 Å². The molecule has 0 N–H and O–H groups in total. The molecular weight excluding hydrogens is 364 g/mol. The summed E-state index contributed by atoms with van der Waals surface area (Å²) in [5, 5.41) is 11.6. The molecule has 1 aliphatic carbocycles. The molecule has 1 heterocycles. The molecule has 2 aromatic rings. The summed E-state index contributed by atoms with van der Waals surface area (Å²) in [6.07, 6.45) is 4.32. The highest BCUT2D eigenvalue weighted by Crippen LogP contribution is 2.41. The predicted octanol–water partition coefficient (Wildman–Crippen LogP) is 4.73. The SMILES string of the molecule is CCOC(=O)c1c(N=Cc2ccc(Cl)c([N+](=O)[O-])c2)sc2c1CCC2. The van der Waals surface area contributed by atoms with E-state index in [0.29, 0.717) is 22.7 Å². The van der Waals surface area contributed by atoms with Gasteiger partial charge in [0.05, 0.1) is 17.1 Å². The first-order valence-corrected chi connectivity index (χ1v) is 9.00. The highest BCUT2D eigenvalue weighted by Gasteiger charge is 2.27. The van der Waals surface area contributed by atoms with Crippen molar-refractivity contribution in [1.29, 1.82) is 0 Å². The van der Waals surface area contributed by atoms with Crippen molar-refractivity contribution in [2.45, 2.75) is 26.2 Å². The van der Waals surface area contributed by atoms with Gasteiger partial charge in [0, 0.05) is 17.2 Å². The lowest BCUT2D eigenvalue weighted by Crippen LogP contribution is -2.06. The van der Waals surface area contributed by atoms with Crippen LogP contribution in [0.1, 0.15) is 39.7 Å². The van der Waals surface area contributed by atoms with E-state index in [1.54, 1.807) is 13.0 Å². The van der Waals surface area contributed by atoms with Gasteiger partial charge in [-0.25, -0.2) is 9.79 Å². The average Bonchev–Trinajstić information content (AvgIpc) is 3.14. The summed E-state index contributed by atoms with van der Waals surface area (Å²) in [5.74, 6) is -0.365. The molecule has 1 aliphatic rings. The van der Waals surface area contributed by atoms with Crippen LogP contribution in [0.4, 0.5) is 10.7 Å². The average molecular weight is 379 g/mol. The standard InChI is InChI=1S/C17H15ClN2O4S/c1-2-24-17(21)15-11-4-3-5-14(11)25-16(15)19-9-10-6-7-12(18)13(8-10)20(22)23/h6-9H,2-5H2,1H3. The fraction of sp³-hybridized carbons (Fsp3) is 0.294. The minimum atomic E-state index is -0.538. The van der Waals surface area contributed by atoms with Gasteiger partial charge in [-0.1, -0.05) is 17.7 Å². The second-order valence-electron chi connectivity index (χ2n) is 5.48. The fourth-order valence-corrected chi connectivity index (χ4v) is 4.19. The van der Waals surface area contributed by atoms with Gasteiger partial charge in [-0.05, 0) is 43.4 Å². The van der Waals surface area contributed by atoms with E-state index in [9.17, 15) is 14.9 Å². The first-order valence-electron chi connectivity index (χ1n) is 7.81. The number of carbonyl (C=O) groups is 1. The van der Waals surface area contributed by atoms with E-state index in [1.807, 2.05) is 0 Å². The van der Waals surface area contributed by atoms with Gasteiger partial charge < -0.3 is 4.74 Å². The molecule has 0 unspecified atom stereocenters. The molecule has 1 aromatic carbocycles. The monoisotopic (exact) mass is 378 g/mol. The molecule has 0 radical (unpaired) electrons. The summed E-state index contributed by atoms with van der Waals surface area (Å²) in [7, 11) is 0. The maximum Gasteiger partial charge on any atom is 0.341 e. The van der Waals surface area contributed by atoms with Crippen molar-refractivity contribution in [3.05, 3.63) is 54.9 Å². The van der Waals surface area contributed by atoms with Gasteiger partial charge in [0.15, 0.2) is 0 Å². The maximum absolute atomic E-state index is 12.3. The van der Waals surface area contributed by atoms with E-state index in [2.05, 4.69) is 4.99 Å². The van der Waals surface area contributed by atoms with Crippen LogP contribution in [0.15, 0.2) is 23.2 Å². The molecule has 3 rings (SSSR count). The molecule has 0 amide bonds. The summed E-state index contributed by atoms with van der Waals surface area (Å²) in [6.45, 7) is 2.07. The largest absolute Gasteiger partial charge is 0.462 e. The second kappa shape index (κ2) is 7.33. The minimum absolute atomic E-state index is 0.0736. The molecule has 0 saturated carbocycles. The van der Waals surface area contributed by atoms with E-state index in [-0.39, 0.29) is 16.7 Å². The fourth-order valence-electron chi connectivity index (χ4n) is 2.78. The van der Waals surface area contributed by atoms with Crippen LogP contribution >= 0.6 is 22.9 Å². The zero-order valence-electron chi connectivity index (χ0n) is 13.5. The first kappa shape index (κ1) is 17.6. The number of thiophene rings is 1. The Labute approximate surface area is 153 Å². The first-order chi connectivity index (χ1) is 12.0. The van der Waals surface area contributed by atoms with Crippen LogP contribution in [0, 0.1) is 10.1 Å². The number of hydrogen-bond donors (Lipinski definition) is 0. The molecule has 6 nitrogen and oxygen atoms in total. The number of esters is 1. The second-order valence-corrected chi connectivity index (χ2v) is 6.97. The third kappa shape index (κ3) is 3.57. The van der Waals surface area contributed by atoms with Gasteiger partial charge in [0.25, 0.3) is 5.69 Å². The molecule has 0 spiro atoms. The number of aliphatic imine (C=N–C) groups is 1. The molecule has 1 aromatic heterocycles. The summed E-state index contributed by atoms with van der Waals surface area (Å²) in [6, 6.07) is 4.46. The molecule has 0 bridgehead atoms. The number of nitrogens with zero attached hydrogens (tertiary/aromatic N) is 2. The van der Waals surface area contributed by atoms with Crippen molar-refractivity contribution in [3.63, 3.8) is 0 Å². The van der Waals surface area contributed by atoms with Gasteiger partial charge in [-0.15, -0.1) is 11.3 Å². The van der Waals surface area contributed by atoms with Crippen LogP contribution < -0.4 is 0 Å². The number of carbonyl (C=O) groups excluding carboxylic acids is 1. The van der Waals surface area contributed by atoms with Gasteiger partial charge >= 0.3 is 5.97 Å². The number of aryl methyl sites for hydroxylation is 1. The van der Waals surface area contributed by atoms with Crippen molar-refractivity contribution < 1.29 is 14.5 Å². The zero-order chi connectivity index (χ0) is 18.0. The van der Waals surface area contributed by atoms with E-state index in [0.717, 1.165) is 29.7 Å². The van der Waals surface area contributed by atoms with Crippen molar-refractivity contribution in [1.82, 2.24) is 0 Å². The third-order valence-corrected chi connectivity index (χ3v) is 5.40. The van der Waals surface area contributed by atoms with Crippen LogP contribution in [0.25, 0.3) is 0 Å². The van der Waals surface area contributed by atoms with E-state index >= 15 is 0 Å². The van der Waals surface area contributed by atoms with Crippen molar-refractivity contribution in [2.24, 2.45) is 4.99 Å². The molecule has 8 heteroatoms. The molecule has 0 aliphatic heterocycles. The molecule has 0 atom stereocenters. The molecular formula is C17H15ClN2O4S. The third-order valence-electron chi connectivity index (χ3n) is 3.88. The number of benzene rings is 1. The lowest BCUT2D eigenvalue weighted by atomic mass is 10.1. The molecule has 130 valence electrons. The smallest absolute Gasteiger partial charge is 0.341 e. The summed E-state index contributed by atoms with van der Waals surface area (Å²) in [4.78, 5) is 28.3. The number of rotatable bonds is 5. The molecule has 0 saturated heterocycles. The maximum atomic E-state index is 12.3. The van der Waals surface area contributed by atoms with Crippen LogP contribution in [0.2, 0.25) is 5.02 Å². The van der Waals surface area contributed by atoms with Crippen LogP contribution in [-0.2, 0) is 17.6 Å². The Morgan fingerprint density at radius 1 is 1.48 bits per heavy atom. The van der Waals surface area contributed by atoms with Gasteiger partial charge in [-0.2, -0.15) is 0 Å². The number of hydrogen-bond acceptors (Lipinski definition) is 6. The summed E-state index contributed by atoms with van der Waals surface area (Å²) < 4.78 is 5.16. The van der Waals surface area contributed by atoms with E-state index in [4.69, 9.17) is 16.3 Å². The van der Waals surface area contributed by atoms with Gasteiger partial charge in [-0.3, -0.25) is 10.1 Å². The number of nitro benzene ring substituents is 1. The van der Waals surface area contributed by atoms with Crippen molar-refractivity contribution >= 4 is 45.8 Å². The summed E-state index contributed by atoms with van der Waals surface area (Å²) in [5.41, 5.74) is 1.92. The molecule has 0 fully saturated rings. The Morgan fingerprint density at radius 3 is 3.00 bits per heavy atom. The number of ether oxygens (including phenoxy) is 1. The van der Waals surface area contributed by atoms with E-state index < -0.39 is 4.92 Å². The summed E-state index contributed by atoms with van der Waals surface area (Å²) >= 11 is 7.29. The van der Waals surface area contributed by atoms with Crippen molar-refractivity contribution in [3.8, 4) is 0 Å². The Bertz CT molecular complexity index is 876. The minimum Gasteiger partial charge on any atom is -0.462 e. The Kier molecular flexibility index (Phi) is 5.15. The van der Waals surface area contributed by atoms with Crippen LogP contribution in [-0.4, -0.2) is 23.7 Å². The Hall–Kier alpha value is -2.25. The lowest BCUT2D eigenvalue weighted by Gasteiger charge is -2.03. The van der Waals surface area contributed by atoms with Gasteiger partial charge in [0.1, 0.15) is 10.0 Å². The highest BCUT2D eigenvalue weighted by atomic mass is 35.5. The number of fused-ring (bicyclic) bond motifs is 1. The zero-order valence-corrected chi connectivity index (χ0v) is 15.0. The van der Waals surface area contributed by atoms with Gasteiger partial charge in [0.2, 0.25) is 0 Å². The van der Waals surface area contributed by atoms with E-state index in [1.165, 1.54) is 29.7 Å². The van der Waals surface area contributed by atoms with Crippen molar-refractivity contribution in [2.75, 3.05) is 6.61 Å².